The largest absolute Gasteiger partial charge is 0.464 e. The van der Waals surface area contributed by atoms with Crippen molar-refractivity contribution in [1.82, 2.24) is 10.2 Å². The Morgan fingerprint density at radius 3 is 2.74 bits per heavy atom. The molecular weight excluding hydrogens is 292 g/mol. The summed E-state index contributed by atoms with van der Waals surface area (Å²) in [5, 5.41) is 3.26. The number of ether oxygens (including phenoxy) is 1. The molecule has 2 saturated heterocycles. The fraction of sp³-hybridized carbons (Fsp3) is 0.667. The number of likely N-dealkylation sites (tertiary alicyclic amines) is 1. The number of hydrogen-bond donors (Lipinski definition) is 1. The molecule has 1 N–H and O–H groups in total. The monoisotopic (exact) mass is 320 g/mol. The van der Waals surface area contributed by atoms with Gasteiger partial charge in [-0.05, 0) is 38.6 Å². The smallest absolute Gasteiger partial charge is 0.328 e. The molecule has 0 radical (unpaired) electrons. The van der Waals surface area contributed by atoms with E-state index in [1.54, 1.807) is 17.1 Å². The normalized spacial score (nSPS) is 30.2. The Morgan fingerprint density at radius 2 is 2.17 bits per heavy atom. The van der Waals surface area contributed by atoms with Crippen LogP contribution in [0.5, 0.6) is 0 Å². The number of unbranched alkanes of at least 4 members (excludes halogenated alkanes) is 1. The molecule has 5 nitrogen and oxygen atoms in total. The molecule has 1 amide bonds. The van der Waals surface area contributed by atoms with Crippen LogP contribution in [0.3, 0.4) is 0 Å². The van der Waals surface area contributed by atoms with Gasteiger partial charge in [-0.25, -0.2) is 4.79 Å². The Morgan fingerprint density at radius 1 is 1.39 bits per heavy atom. The first kappa shape index (κ1) is 17.7. The number of carbonyl (C=O) groups is 2. The van der Waals surface area contributed by atoms with Crippen LogP contribution in [0.1, 0.15) is 45.4 Å². The van der Waals surface area contributed by atoms with E-state index in [-0.39, 0.29) is 17.9 Å². The van der Waals surface area contributed by atoms with Gasteiger partial charge in [-0.2, -0.15) is 0 Å². The van der Waals surface area contributed by atoms with Crippen molar-refractivity contribution in [1.29, 1.82) is 0 Å². The minimum Gasteiger partial charge on any atom is -0.464 e. The van der Waals surface area contributed by atoms with Crippen molar-refractivity contribution in [3.63, 3.8) is 0 Å². The Kier molecular flexibility index (Phi) is 5.99. The van der Waals surface area contributed by atoms with Crippen LogP contribution in [-0.2, 0) is 14.3 Å². The first-order valence-electron chi connectivity index (χ1n) is 8.60. The first-order valence-corrected chi connectivity index (χ1v) is 8.60. The molecule has 3 atom stereocenters. The van der Waals surface area contributed by atoms with Crippen molar-refractivity contribution in [2.24, 2.45) is 0 Å². The van der Waals surface area contributed by atoms with Crippen molar-refractivity contribution in [3.8, 4) is 0 Å². The molecule has 0 saturated carbocycles. The standard InChI is InChI=1S/C18H28N2O3/c1-4-7-13-23-16(21)15-10-9-14(5-2)20(15)17(22)18(6-3)11-8-12-19-18/h5-6,14-15,19H,2-4,7-13H2,1H3/t14-,15?,18+/m1/s1. The lowest BCUT2D eigenvalue weighted by atomic mass is 9.94. The van der Waals surface area contributed by atoms with Gasteiger partial charge >= 0.3 is 5.97 Å². The van der Waals surface area contributed by atoms with E-state index < -0.39 is 11.6 Å². The number of nitrogens with zero attached hydrogens (tertiary/aromatic N) is 1. The molecule has 2 aliphatic rings. The average Bonchev–Trinajstić information content (AvgIpc) is 3.21. The fourth-order valence-electron chi connectivity index (χ4n) is 3.45. The summed E-state index contributed by atoms with van der Waals surface area (Å²) in [4.78, 5) is 27.2. The van der Waals surface area contributed by atoms with Gasteiger partial charge in [0.1, 0.15) is 11.6 Å². The van der Waals surface area contributed by atoms with Crippen LogP contribution in [0.25, 0.3) is 0 Å². The summed E-state index contributed by atoms with van der Waals surface area (Å²) in [7, 11) is 0. The van der Waals surface area contributed by atoms with E-state index in [0.29, 0.717) is 19.4 Å². The molecule has 0 spiro atoms. The van der Waals surface area contributed by atoms with E-state index in [4.69, 9.17) is 4.74 Å². The van der Waals surface area contributed by atoms with Crippen molar-refractivity contribution < 1.29 is 14.3 Å². The molecule has 2 aliphatic heterocycles. The van der Waals surface area contributed by atoms with E-state index >= 15 is 0 Å². The quantitative estimate of drug-likeness (QED) is 0.444. The van der Waals surface area contributed by atoms with Crippen LogP contribution >= 0.6 is 0 Å². The average molecular weight is 320 g/mol. The molecule has 0 aromatic rings. The minimum absolute atomic E-state index is 0.0789. The topological polar surface area (TPSA) is 58.6 Å². The van der Waals surface area contributed by atoms with Crippen LogP contribution < -0.4 is 5.32 Å². The van der Waals surface area contributed by atoms with E-state index in [1.165, 1.54) is 0 Å². The van der Waals surface area contributed by atoms with Gasteiger partial charge in [-0.3, -0.25) is 4.79 Å². The van der Waals surface area contributed by atoms with Gasteiger partial charge in [-0.15, -0.1) is 13.2 Å². The summed E-state index contributed by atoms with van der Waals surface area (Å²) >= 11 is 0. The number of amides is 1. The number of nitrogens with one attached hydrogen (secondary N) is 1. The van der Waals surface area contributed by atoms with Crippen molar-refractivity contribution >= 4 is 11.9 Å². The maximum atomic E-state index is 13.2. The van der Waals surface area contributed by atoms with Crippen LogP contribution in [-0.4, -0.2) is 47.6 Å². The van der Waals surface area contributed by atoms with Crippen LogP contribution in [0, 0.1) is 0 Å². The first-order chi connectivity index (χ1) is 11.1. The molecule has 0 aromatic carbocycles. The second kappa shape index (κ2) is 7.77. The van der Waals surface area contributed by atoms with E-state index in [1.807, 2.05) is 6.92 Å². The molecular formula is C18H28N2O3. The van der Waals surface area contributed by atoms with E-state index in [2.05, 4.69) is 18.5 Å². The zero-order chi connectivity index (χ0) is 16.9. The molecule has 0 bridgehead atoms. The Labute approximate surface area is 138 Å². The summed E-state index contributed by atoms with van der Waals surface area (Å²) < 4.78 is 5.36. The van der Waals surface area contributed by atoms with Gasteiger partial charge < -0.3 is 15.0 Å². The third-order valence-electron chi connectivity index (χ3n) is 4.87. The summed E-state index contributed by atoms with van der Waals surface area (Å²) in [5.41, 5.74) is -0.756. The molecule has 5 heteroatoms. The second-order valence-corrected chi connectivity index (χ2v) is 6.34. The lowest BCUT2D eigenvalue weighted by Crippen LogP contribution is -2.58. The zero-order valence-corrected chi connectivity index (χ0v) is 14.1. The van der Waals surface area contributed by atoms with E-state index in [9.17, 15) is 9.59 Å². The fourth-order valence-corrected chi connectivity index (χ4v) is 3.45. The zero-order valence-electron chi connectivity index (χ0n) is 14.1. The summed E-state index contributed by atoms with van der Waals surface area (Å²) in [6.07, 6.45) is 8.26. The van der Waals surface area contributed by atoms with Gasteiger partial charge in [0, 0.05) is 0 Å². The highest BCUT2D eigenvalue weighted by atomic mass is 16.5. The summed E-state index contributed by atoms with van der Waals surface area (Å²) in [6, 6.07) is -0.632. The second-order valence-electron chi connectivity index (χ2n) is 6.34. The Hall–Kier alpha value is -1.62. The lowest BCUT2D eigenvalue weighted by Gasteiger charge is -2.35. The number of carbonyl (C=O) groups excluding carboxylic acids is 2. The predicted molar refractivity (Wildman–Crippen MR) is 89.9 cm³/mol. The maximum Gasteiger partial charge on any atom is 0.328 e. The molecule has 2 heterocycles. The van der Waals surface area contributed by atoms with E-state index in [0.717, 1.165) is 32.2 Å². The Bertz CT molecular complexity index is 469. The Balaban J connectivity index is 2.16. The highest BCUT2D eigenvalue weighted by molar-refractivity contribution is 5.93. The highest BCUT2D eigenvalue weighted by Crippen LogP contribution is 2.32. The van der Waals surface area contributed by atoms with Crippen LogP contribution in [0.15, 0.2) is 25.3 Å². The summed E-state index contributed by atoms with van der Waals surface area (Å²) in [5.74, 6) is -0.377. The van der Waals surface area contributed by atoms with Crippen LogP contribution in [0.4, 0.5) is 0 Å². The van der Waals surface area contributed by atoms with Gasteiger partial charge in [-0.1, -0.05) is 25.5 Å². The van der Waals surface area contributed by atoms with Crippen molar-refractivity contribution in [2.75, 3.05) is 13.2 Å². The molecule has 2 rings (SSSR count). The molecule has 23 heavy (non-hydrogen) atoms. The SMILES string of the molecule is C=C[C@@H]1CCC(C(=O)OCCCC)N1C(=O)[C@]1(C=C)CCCN1. The summed E-state index contributed by atoms with van der Waals surface area (Å²) in [6.45, 7) is 10.9. The molecule has 128 valence electrons. The lowest BCUT2D eigenvalue weighted by molar-refractivity contribution is -0.155. The minimum atomic E-state index is -0.756. The van der Waals surface area contributed by atoms with Gasteiger partial charge in [0.05, 0.1) is 12.6 Å². The maximum absolute atomic E-state index is 13.2. The van der Waals surface area contributed by atoms with Gasteiger partial charge in [0.15, 0.2) is 0 Å². The molecule has 2 fully saturated rings. The third-order valence-corrected chi connectivity index (χ3v) is 4.87. The number of esters is 1. The van der Waals surface area contributed by atoms with Crippen molar-refractivity contribution in [2.45, 2.75) is 63.1 Å². The highest BCUT2D eigenvalue weighted by Gasteiger charge is 2.48. The third kappa shape index (κ3) is 3.50. The van der Waals surface area contributed by atoms with Gasteiger partial charge in [0.2, 0.25) is 5.91 Å². The molecule has 0 aliphatic carbocycles. The molecule has 0 aromatic heterocycles. The van der Waals surface area contributed by atoms with Gasteiger partial charge in [0.25, 0.3) is 0 Å². The predicted octanol–water partition coefficient (Wildman–Crippen LogP) is 2.18. The van der Waals surface area contributed by atoms with Crippen molar-refractivity contribution in [3.05, 3.63) is 25.3 Å². The number of rotatable bonds is 7. The number of hydrogen-bond acceptors (Lipinski definition) is 4. The van der Waals surface area contributed by atoms with Crippen LogP contribution in [0.2, 0.25) is 0 Å². The molecule has 1 unspecified atom stereocenters.